The summed E-state index contributed by atoms with van der Waals surface area (Å²) >= 11 is 0. The van der Waals surface area contributed by atoms with Gasteiger partial charge in [0.1, 0.15) is 0 Å². The van der Waals surface area contributed by atoms with E-state index in [0.29, 0.717) is 12.1 Å². The third kappa shape index (κ3) is 7.61. The summed E-state index contributed by atoms with van der Waals surface area (Å²) in [5.41, 5.74) is 3.34. The summed E-state index contributed by atoms with van der Waals surface area (Å²) in [6, 6.07) is 15.3. The summed E-state index contributed by atoms with van der Waals surface area (Å²) in [7, 11) is 0. The molecular weight excluding hydrogens is 472 g/mol. The van der Waals surface area contributed by atoms with Crippen LogP contribution in [-0.2, 0) is 25.7 Å². The van der Waals surface area contributed by atoms with Gasteiger partial charge >= 0.3 is 5.97 Å². The molecule has 0 saturated carbocycles. The van der Waals surface area contributed by atoms with Crippen LogP contribution in [0.5, 0.6) is 0 Å². The van der Waals surface area contributed by atoms with Gasteiger partial charge in [-0.15, -0.1) is 0 Å². The quantitative estimate of drug-likeness (QED) is 0.427. The molecule has 2 aliphatic heterocycles. The lowest BCUT2D eigenvalue weighted by molar-refractivity contribution is -0.276. The standard InChI is InChI=1S/C29H38N2O6/c1-20-25(18-31-15-3-2-4-16-31)36-29(37-28(20)22-13-11-21(19-32)12-14-22)23-7-5-8-24(17-23)30-26(33)9-6-10-27(34)35/h5,7-8,11-14,17,20,25,28-29,32H,2-4,6,9-10,15-16,18-19H2,1H3,(H,30,33)(H,34,35). The monoisotopic (exact) mass is 510 g/mol. The molecule has 8 nitrogen and oxygen atoms in total. The molecule has 8 heteroatoms. The molecule has 2 fully saturated rings. The Bertz CT molecular complexity index is 1040. The number of carboxylic acids is 1. The number of nitrogens with zero attached hydrogens (tertiary/aromatic N) is 1. The highest BCUT2D eigenvalue weighted by Gasteiger charge is 2.39. The van der Waals surface area contributed by atoms with Crippen LogP contribution in [0.25, 0.3) is 0 Å². The van der Waals surface area contributed by atoms with Crippen molar-refractivity contribution in [3.8, 4) is 0 Å². The lowest BCUT2D eigenvalue weighted by atomic mass is 9.89. The topological polar surface area (TPSA) is 108 Å². The fourth-order valence-corrected chi connectivity index (χ4v) is 5.11. The number of carbonyl (C=O) groups excluding carboxylic acids is 1. The van der Waals surface area contributed by atoms with Gasteiger partial charge < -0.3 is 29.9 Å². The number of carbonyl (C=O) groups is 2. The lowest BCUT2D eigenvalue weighted by Gasteiger charge is -2.43. The molecule has 200 valence electrons. The SMILES string of the molecule is CC1C(CN2CCCCC2)OC(c2cccc(NC(=O)CCCC(=O)O)c2)OC1c1ccc(CO)cc1. The number of likely N-dealkylation sites (tertiary alicyclic amines) is 1. The zero-order chi connectivity index (χ0) is 26.2. The molecule has 4 atom stereocenters. The number of rotatable bonds is 10. The Morgan fingerprint density at radius 1 is 1.00 bits per heavy atom. The first-order valence-corrected chi connectivity index (χ1v) is 13.3. The van der Waals surface area contributed by atoms with Crippen LogP contribution < -0.4 is 5.32 Å². The predicted octanol–water partition coefficient (Wildman–Crippen LogP) is 4.65. The first kappa shape index (κ1) is 27.3. The molecule has 0 radical (unpaired) electrons. The number of ether oxygens (including phenoxy) is 2. The number of benzene rings is 2. The van der Waals surface area contributed by atoms with Crippen LogP contribution in [0.2, 0.25) is 0 Å². The van der Waals surface area contributed by atoms with Crippen molar-refractivity contribution >= 4 is 17.6 Å². The first-order chi connectivity index (χ1) is 17.9. The second-order valence-corrected chi connectivity index (χ2v) is 10.1. The molecule has 2 aliphatic rings. The Morgan fingerprint density at radius 3 is 2.46 bits per heavy atom. The van der Waals surface area contributed by atoms with Gasteiger partial charge in [0.15, 0.2) is 6.29 Å². The fourth-order valence-electron chi connectivity index (χ4n) is 5.11. The molecule has 3 N–H and O–H groups in total. The number of aliphatic carboxylic acids is 1. The van der Waals surface area contributed by atoms with Crippen LogP contribution in [0.3, 0.4) is 0 Å². The van der Waals surface area contributed by atoms with Crippen molar-refractivity contribution in [2.45, 2.75) is 70.6 Å². The Balaban J connectivity index is 1.51. The lowest BCUT2D eigenvalue weighted by Crippen LogP contribution is -2.45. The minimum Gasteiger partial charge on any atom is -0.481 e. The maximum Gasteiger partial charge on any atom is 0.303 e. The molecule has 0 bridgehead atoms. The van der Waals surface area contributed by atoms with Gasteiger partial charge in [0.2, 0.25) is 5.91 Å². The molecule has 0 aromatic heterocycles. The number of aliphatic hydroxyl groups is 1. The second kappa shape index (κ2) is 13.1. The Kier molecular flexibility index (Phi) is 9.68. The fraction of sp³-hybridized carbons (Fsp3) is 0.517. The smallest absolute Gasteiger partial charge is 0.303 e. The molecule has 0 spiro atoms. The molecule has 2 aromatic rings. The number of carboxylic acid groups (broad SMARTS) is 1. The third-order valence-corrected chi connectivity index (χ3v) is 7.25. The number of hydrogen-bond donors (Lipinski definition) is 3. The summed E-state index contributed by atoms with van der Waals surface area (Å²) < 4.78 is 13.1. The summed E-state index contributed by atoms with van der Waals surface area (Å²) in [4.78, 5) is 25.5. The molecule has 1 amide bonds. The van der Waals surface area contributed by atoms with Crippen molar-refractivity contribution in [2.75, 3.05) is 25.0 Å². The second-order valence-electron chi connectivity index (χ2n) is 10.1. The molecule has 2 aromatic carbocycles. The van der Waals surface area contributed by atoms with Crippen molar-refractivity contribution in [1.82, 2.24) is 4.90 Å². The normalized spacial score (nSPS) is 24.5. The zero-order valence-corrected chi connectivity index (χ0v) is 21.5. The number of piperidine rings is 1. The van der Waals surface area contributed by atoms with Gasteiger partial charge in [-0.2, -0.15) is 0 Å². The van der Waals surface area contributed by atoms with Crippen molar-refractivity contribution in [3.05, 3.63) is 65.2 Å². The van der Waals surface area contributed by atoms with Crippen LogP contribution in [0, 0.1) is 5.92 Å². The van der Waals surface area contributed by atoms with Crippen LogP contribution in [-0.4, -0.2) is 52.7 Å². The molecule has 4 unspecified atom stereocenters. The van der Waals surface area contributed by atoms with Crippen LogP contribution in [0.4, 0.5) is 5.69 Å². The Labute approximate surface area is 218 Å². The minimum atomic E-state index is -0.907. The predicted molar refractivity (Wildman–Crippen MR) is 140 cm³/mol. The summed E-state index contributed by atoms with van der Waals surface area (Å²) in [6.07, 6.45) is 3.29. The summed E-state index contributed by atoms with van der Waals surface area (Å²) in [5.74, 6) is -1.01. The van der Waals surface area contributed by atoms with Crippen molar-refractivity contribution in [1.29, 1.82) is 0 Å². The van der Waals surface area contributed by atoms with E-state index in [1.54, 1.807) is 6.07 Å². The van der Waals surface area contributed by atoms with E-state index in [2.05, 4.69) is 17.1 Å². The van der Waals surface area contributed by atoms with E-state index >= 15 is 0 Å². The van der Waals surface area contributed by atoms with Crippen molar-refractivity contribution < 1.29 is 29.3 Å². The molecule has 2 heterocycles. The largest absolute Gasteiger partial charge is 0.481 e. The number of hydrogen-bond acceptors (Lipinski definition) is 6. The molecule has 4 rings (SSSR count). The van der Waals surface area contributed by atoms with E-state index in [9.17, 15) is 14.7 Å². The average Bonchev–Trinajstić information content (AvgIpc) is 2.90. The maximum absolute atomic E-state index is 12.3. The first-order valence-electron chi connectivity index (χ1n) is 13.3. The molecule has 0 aliphatic carbocycles. The molecular formula is C29H38N2O6. The molecule has 2 saturated heterocycles. The van der Waals surface area contributed by atoms with E-state index in [-0.39, 0.29) is 43.5 Å². The van der Waals surface area contributed by atoms with Crippen LogP contribution in [0.15, 0.2) is 48.5 Å². The number of amides is 1. The van der Waals surface area contributed by atoms with Gasteiger partial charge in [-0.25, -0.2) is 0 Å². The number of anilines is 1. The number of aliphatic hydroxyl groups excluding tert-OH is 1. The van der Waals surface area contributed by atoms with Gasteiger partial charge in [-0.3, -0.25) is 9.59 Å². The highest BCUT2D eigenvalue weighted by atomic mass is 16.7. The van der Waals surface area contributed by atoms with E-state index in [1.165, 1.54) is 19.3 Å². The van der Waals surface area contributed by atoms with Gasteiger partial charge in [0.25, 0.3) is 0 Å². The van der Waals surface area contributed by atoms with Crippen molar-refractivity contribution in [3.63, 3.8) is 0 Å². The van der Waals surface area contributed by atoms with Crippen LogP contribution in [0.1, 0.15) is 74.5 Å². The van der Waals surface area contributed by atoms with Gasteiger partial charge in [0, 0.05) is 36.6 Å². The van der Waals surface area contributed by atoms with E-state index in [1.807, 2.05) is 42.5 Å². The Hall–Kier alpha value is -2.78. The Morgan fingerprint density at radius 2 is 1.76 bits per heavy atom. The molecule has 37 heavy (non-hydrogen) atoms. The third-order valence-electron chi connectivity index (χ3n) is 7.25. The summed E-state index contributed by atoms with van der Waals surface area (Å²) in [6.45, 7) is 5.17. The van der Waals surface area contributed by atoms with E-state index < -0.39 is 12.3 Å². The number of nitrogens with one attached hydrogen (secondary N) is 1. The van der Waals surface area contributed by atoms with Gasteiger partial charge in [-0.05, 0) is 55.6 Å². The van der Waals surface area contributed by atoms with E-state index in [4.69, 9.17) is 14.6 Å². The zero-order valence-electron chi connectivity index (χ0n) is 21.5. The van der Waals surface area contributed by atoms with Crippen LogP contribution >= 0.6 is 0 Å². The highest BCUT2D eigenvalue weighted by Crippen LogP contribution is 2.42. The maximum atomic E-state index is 12.3. The van der Waals surface area contributed by atoms with Gasteiger partial charge in [0.05, 0.1) is 18.8 Å². The van der Waals surface area contributed by atoms with Gasteiger partial charge in [-0.1, -0.05) is 49.7 Å². The van der Waals surface area contributed by atoms with Crippen molar-refractivity contribution in [2.24, 2.45) is 5.92 Å². The summed E-state index contributed by atoms with van der Waals surface area (Å²) in [5, 5.41) is 21.1. The minimum absolute atomic E-state index is 0.000498. The van der Waals surface area contributed by atoms with E-state index in [0.717, 1.165) is 36.3 Å². The average molecular weight is 511 g/mol. The highest BCUT2D eigenvalue weighted by molar-refractivity contribution is 5.90.